The van der Waals surface area contributed by atoms with E-state index in [-0.39, 0.29) is 0 Å². The summed E-state index contributed by atoms with van der Waals surface area (Å²) in [5.74, 6) is 2.15. The van der Waals surface area contributed by atoms with Crippen LogP contribution >= 0.6 is 23.1 Å². The molecule has 3 rings (SSSR count). The maximum Gasteiger partial charge on any atom is 0.144 e. The van der Waals surface area contributed by atoms with Gasteiger partial charge in [-0.3, -0.25) is 9.98 Å². The standard InChI is InChI=1S/C21H25N7OS2/c1-13-7-24-19(10-23-13)26-9-16-5-6-18(25-8-16)27-12-30-11-17(22-4)20-14(2)28-21(31-20)15(3)29/h5-8,10-11,15,29H,4,9,12H2,1-3H3,(H,24,26)(H,25,27)/b17-11-. The van der Waals surface area contributed by atoms with Crippen molar-refractivity contribution in [2.75, 3.05) is 16.5 Å². The zero-order valence-corrected chi connectivity index (χ0v) is 19.3. The summed E-state index contributed by atoms with van der Waals surface area (Å²) >= 11 is 2.99. The van der Waals surface area contributed by atoms with E-state index in [2.05, 4.69) is 42.3 Å². The number of anilines is 2. The molecule has 0 aliphatic heterocycles. The van der Waals surface area contributed by atoms with Gasteiger partial charge in [-0.25, -0.2) is 15.0 Å². The van der Waals surface area contributed by atoms with E-state index in [0.717, 1.165) is 39.2 Å². The Morgan fingerprint density at radius 1 is 1.19 bits per heavy atom. The second-order valence-electron chi connectivity index (χ2n) is 6.74. The molecule has 3 heterocycles. The third-order valence-electron chi connectivity index (χ3n) is 4.18. The van der Waals surface area contributed by atoms with Gasteiger partial charge in [-0.2, -0.15) is 0 Å². The second kappa shape index (κ2) is 11.0. The minimum atomic E-state index is -0.591. The fraction of sp³-hybridized carbons (Fsp3) is 0.286. The van der Waals surface area contributed by atoms with Crippen molar-refractivity contribution >= 4 is 47.1 Å². The highest BCUT2D eigenvalue weighted by Gasteiger charge is 2.14. The van der Waals surface area contributed by atoms with Crippen LogP contribution in [0.5, 0.6) is 0 Å². The van der Waals surface area contributed by atoms with Crippen LogP contribution in [0.2, 0.25) is 0 Å². The third kappa shape index (κ3) is 6.58. The molecule has 0 saturated heterocycles. The lowest BCUT2D eigenvalue weighted by Gasteiger charge is -2.07. The highest BCUT2D eigenvalue weighted by atomic mass is 32.2. The molecule has 31 heavy (non-hydrogen) atoms. The number of thiazole rings is 1. The molecular weight excluding hydrogens is 430 g/mol. The molecule has 8 nitrogen and oxygen atoms in total. The van der Waals surface area contributed by atoms with Gasteiger partial charge in [0.25, 0.3) is 0 Å². The number of rotatable bonds is 10. The van der Waals surface area contributed by atoms with Gasteiger partial charge in [-0.05, 0) is 44.5 Å². The molecule has 10 heteroatoms. The van der Waals surface area contributed by atoms with Crippen LogP contribution in [0.25, 0.3) is 5.70 Å². The summed E-state index contributed by atoms with van der Waals surface area (Å²) in [5, 5.41) is 18.8. The Hall–Kier alpha value is -2.82. The average molecular weight is 456 g/mol. The smallest absolute Gasteiger partial charge is 0.144 e. The highest BCUT2D eigenvalue weighted by molar-refractivity contribution is 8.02. The molecule has 3 aromatic rings. The van der Waals surface area contributed by atoms with E-state index in [9.17, 15) is 5.11 Å². The first-order valence-corrected chi connectivity index (χ1v) is 11.5. The van der Waals surface area contributed by atoms with Crippen LogP contribution in [-0.4, -0.2) is 37.6 Å². The van der Waals surface area contributed by atoms with E-state index < -0.39 is 6.10 Å². The summed E-state index contributed by atoms with van der Waals surface area (Å²) in [5.41, 5.74) is 3.53. The highest BCUT2D eigenvalue weighted by Crippen LogP contribution is 2.31. The molecule has 0 amide bonds. The minimum absolute atomic E-state index is 0.591. The molecule has 162 valence electrons. The van der Waals surface area contributed by atoms with E-state index in [1.54, 1.807) is 31.1 Å². The number of aromatic nitrogens is 4. The van der Waals surface area contributed by atoms with Crippen LogP contribution in [-0.2, 0) is 6.54 Å². The largest absolute Gasteiger partial charge is 0.386 e. The van der Waals surface area contributed by atoms with Crippen LogP contribution in [0.1, 0.15) is 39.9 Å². The molecule has 0 aromatic carbocycles. The summed E-state index contributed by atoms with van der Waals surface area (Å²) in [6.07, 6.45) is 4.68. The molecule has 3 N–H and O–H groups in total. The van der Waals surface area contributed by atoms with E-state index in [1.165, 1.54) is 11.3 Å². The normalized spacial score (nSPS) is 12.5. The SMILES string of the molecule is C=N/C(=C\SCNc1ccc(CNc2cnc(C)cn2)cn1)c1sc(C(C)O)nc1C. The van der Waals surface area contributed by atoms with Crippen molar-refractivity contribution in [3.8, 4) is 0 Å². The number of aliphatic imine (C=N–C) groups is 1. The van der Waals surface area contributed by atoms with E-state index in [1.807, 2.05) is 37.6 Å². The van der Waals surface area contributed by atoms with Crippen molar-refractivity contribution in [2.24, 2.45) is 4.99 Å². The van der Waals surface area contributed by atoms with Gasteiger partial charge in [0.05, 0.1) is 40.2 Å². The van der Waals surface area contributed by atoms with E-state index in [0.29, 0.717) is 17.4 Å². The number of nitrogens with zero attached hydrogens (tertiary/aromatic N) is 5. The molecule has 0 fully saturated rings. The summed E-state index contributed by atoms with van der Waals surface area (Å²) in [7, 11) is 0. The van der Waals surface area contributed by atoms with E-state index >= 15 is 0 Å². The second-order valence-corrected chi connectivity index (χ2v) is 8.63. The number of aliphatic hydroxyl groups excluding tert-OH is 1. The fourth-order valence-electron chi connectivity index (χ4n) is 2.54. The summed E-state index contributed by atoms with van der Waals surface area (Å²) in [6, 6.07) is 3.95. The van der Waals surface area contributed by atoms with Crippen molar-refractivity contribution in [2.45, 2.75) is 33.4 Å². The molecule has 0 aliphatic rings. The Labute approximate surface area is 190 Å². The van der Waals surface area contributed by atoms with Crippen LogP contribution < -0.4 is 10.6 Å². The molecular formula is C21H25N7OS2. The fourth-order valence-corrected chi connectivity index (χ4v) is 4.27. The van der Waals surface area contributed by atoms with E-state index in [4.69, 9.17) is 0 Å². The molecule has 1 atom stereocenters. The molecule has 3 aromatic heterocycles. The minimum Gasteiger partial charge on any atom is -0.386 e. The number of aliphatic hydroxyl groups is 1. The zero-order valence-electron chi connectivity index (χ0n) is 17.7. The lowest BCUT2D eigenvalue weighted by Crippen LogP contribution is -2.04. The molecule has 0 spiro atoms. The lowest BCUT2D eigenvalue weighted by atomic mass is 10.3. The molecule has 1 unspecified atom stereocenters. The predicted molar refractivity (Wildman–Crippen MR) is 129 cm³/mol. The summed E-state index contributed by atoms with van der Waals surface area (Å²) in [4.78, 5) is 22.4. The van der Waals surface area contributed by atoms with Crippen LogP contribution in [0, 0.1) is 13.8 Å². The van der Waals surface area contributed by atoms with Crippen LogP contribution in [0.3, 0.4) is 0 Å². The first-order chi connectivity index (χ1) is 15.0. The van der Waals surface area contributed by atoms with Crippen molar-refractivity contribution < 1.29 is 5.11 Å². The number of hydrogen-bond acceptors (Lipinski definition) is 10. The van der Waals surface area contributed by atoms with Crippen molar-refractivity contribution in [1.82, 2.24) is 19.9 Å². The Morgan fingerprint density at radius 2 is 2.00 bits per heavy atom. The monoisotopic (exact) mass is 455 g/mol. The summed E-state index contributed by atoms with van der Waals surface area (Å²) in [6.45, 7) is 9.80. The van der Waals surface area contributed by atoms with Gasteiger partial charge in [-0.15, -0.1) is 23.1 Å². The maximum absolute atomic E-state index is 9.73. The van der Waals surface area contributed by atoms with Gasteiger partial charge in [0.1, 0.15) is 22.7 Å². The number of pyridine rings is 1. The van der Waals surface area contributed by atoms with Gasteiger partial charge in [0.15, 0.2) is 0 Å². The summed E-state index contributed by atoms with van der Waals surface area (Å²) < 4.78 is 0. The number of hydrogen-bond donors (Lipinski definition) is 3. The van der Waals surface area contributed by atoms with Crippen molar-refractivity contribution in [1.29, 1.82) is 0 Å². The first kappa shape index (κ1) is 22.9. The van der Waals surface area contributed by atoms with Gasteiger partial charge >= 0.3 is 0 Å². The van der Waals surface area contributed by atoms with Gasteiger partial charge in [-0.1, -0.05) is 6.07 Å². The van der Waals surface area contributed by atoms with Gasteiger partial charge in [0.2, 0.25) is 0 Å². The van der Waals surface area contributed by atoms with Crippen molar-refractivity contribution in [3.05, 3.63) is 63.0 Å². The van der Waals surface area contributed by atoms with Crippen LogP contribution in [0.4, 0.5) is 11.6 Å². The average Bonchev–Trinajstić information content (AvgIpc) is 3.16. The Balaban J connectivity index is 1.49. The Bertz CT molecular complexity index is 1030. The predicted octanol–water partition coefficient (Wildman–Crippen LogP) is 4.41. The quantitative estimate of drug-likeness (QED) is 0.234. The first-order valence-electron chi connectivity index (χ1n) is 9.62. The molecule has 0 radical (unpaired) electrons. The van der Waals surface area contributed by atoms with Gasteiger partial charge < -0.3 is 15.7 Å². The lowest BCUT2D eigenvalue weighted by molar-refractivity contribution is 0.198. The number of aryl methyl sites for hydroxylation is 2. The molecule has 0 saturated carbocycles. The molecule has 0 aliphatic carbocycles. The number of thioether (sulfide) groups is 1. The number of nitrogens with one attached hydrogen (secondary N) is 2. The molecule has 0 bridgehead atoms. The topological polar surface area (TPSA) is 108 Å². The third-order valence-corrected chi connectivity index (χ3v) is 6.24. The van der Waals surface area contributed by atoms with Crippen LogP contribution in [0.15, 0.2) is 41.1 Å². The van der Waals surface area contributed by atoms with Gasteiger partial charge in [0, 0.05) is 12.7 Å². The Morgan fingerprint density at radius 3 is 2.61 bits per heavy atom. The maximum atomic E-state index is 9.73. The van der Waals surface area contributed by atoms with Crippen molar-refractivity contribution in [3.63, 3.8) is 0 Å². The zero-order chi connectivity index (χ0) is 22.2. The Kier molecular flexibility index (Phi) is 8.10.